The SMILES string of the molecule is C=C(N1CCOCC1)N(Cc1ccc(-c2nnc(C(F)(F)F)o2)cc1OC)c1ccccc1. The Hall–Kier alpha value is -3.53. The summed E-state index contributed by atoms with van der Waals surface area (Å²) in [4.78, 5) is 4.23. The number of alkyl halides is 3. The molecule has 0 amide bonds. The third-order valence-corrected chi connectivity index (χ3v) is 5.29. The molecule has 2 heterocycles. The van der Waals surface area contributed by atoms with Gasteiger partial charge in [0.1, 0.15) is 11.6 Å². The summed E-state index contributed by atoms with van der Waals surface area (Å²) in [6.07, 6.45) is -4.70. The normalized spacial score (nSPS) is 14.2. The Kier molecular flexibility index (Phi) is 6.55. The maximum Gasteiger partial charge on any atom is 0.470 e. The second kappa shape index (κ2) is 9.53. The van der Waals surface area contributed by atoms with Crippen molar-refractivity contribution >= 4 is 5.69 Å². The average Bonchev–Trinajstić information content (AvgIpc) is 3.34. The van der Waals surface area contributed by atoms with Gasteiger partial charge in [-0.15, -0.1) is 10.2 Å². The largest absolute Gasteiger partial charge is 0.496 e. The predicted octanol–water partition coefficient (Wildman–Crippen LogP) is 4.57. The molecule has 7 nitrogen and oxygen atoms in total. The number of morpholine rings is 1. The third-order valence-electron chi connectivity index (χ3n) is 5.29. The molecule has 1 fully saturated rings. The summed E-state index contributed by atoms with van der Waals surface area (Å²) in [5.74, 6) is -0.320. The van der Waals surface area contributed by atoms with E-state index in [2.05, 4.69) is 26.6 Å². The number of ether oxygens (including phenoxy) is 2. The van der Waals surface area contributed by atoms with Crippen LogP contribution in [0.4, 0.5) is 18.9 Å². The second-order valence-corrected chi connectivity index (χ2v) is 7.37. The van der Waals surface area contributed by atoms with Gasteiger partial charge in [0.15, 0.2) is 0 Å². The van der Waals surface area contributed by atoms with E-state index in [0.717, 1.165) is 30.2 Å². The van der Waals surface area contributed by atoms with Gasteiger partial charge < -0.3 is 23.7 Å². The lowest BCUT2D eigenvalue weighted by molar-refractivity contribution is -0.156. The van der Waals surface area contributed by atoms with Crippen LogP contribution in [-0.4, -0.2) is 48.5 Å². The Balaban J connectivity index is 1.63. The molecule has 0 N–H and O–H groups in total. The fraction of sp³-hybridized carbons (Fsp3) is 0.304. The topological polar surface area (TPSA) is 63.9 Å². The van der Waals surface area contributed by atoms with E-state index in [-0.39, 0.29) is 5.89 Å². The predicted molar refractivity (Wildman–Crippen MR) is 115 cm³/mol. The first-order chi connectivity index (χ1) is 15.9. The molecule has 10 heteroatoms. The number of hydrogen-bond acceptors (Lipinski definition) is 7. The first-order valence-electron chi connectivity index (χ1n) is 10.3. The molecular formula is C23H23F3N4O3. The molecule has 174 valence electrons. The van der Waals surface area contributed by atoms with Crippen molar-refractivity contribution in [2.75, 3.05) is 38.3 Å². The van der Waals surface area contributed by atoms with Gasteiger partial charge in [-0.1, -0.05) is 30.8 Å². The summed E-state index contributed by atoms with van der Waals surface area (Å²) in [6, 6.07) is 14.8. The summed E-state index contributed by atoms with van der Waals surface area (Å²) in [5, 5.41) is 6.61. The van der Waals surface area contributed by atoms with Crippen LogP contribution in [0.25, 0.3) is 11.5 Å². The molecule has 33 heavy (non-hydrogen) atoms. The number of nitrogens with zero attached hydrogens (tertiary/aromatic N) is 4. The minimum atomic E-state index is -4.70. The minimum Gasteiger partial charge on any atom is -0.496 e. The van der Waals surface area contributed by atoms with Crippen molar-refractivity contribution in [1.82, 2.24) is 15.1 Å². The highest BCUT2D eigenvalue weighted by molar-refractivity contribution is 5.59. The van der Waals surface area contributed by atoms with Gasteiger partial charge in [-0.25, -0.2) is 0 Å². The number of hydrogen-bond donors (Lipinski definition) is 0. The van der Waals surface area contributed by atoms with Gasteiger partial charge in [0.2, 0.25) is 5.89 Å². The minimum absolute atomic E-state index is 0.232. The Labute approximate surface area is 189 Å². The zero-order chi connectivity index (χ0) is 23.4. The molecule has 1 aliphatic rings. The monoisotopic (exact) mass is 460 g/mol. The van der Waals surface area contributed by atoms with Crippen LogP contribution in [0, 0.1) is 0 Å². The molecule has 0 atom stereocenters. The van der Waals surface area contributed by atoms with Gasteiger partial charge in [-0.05, 0) is 24.3 Å². The fourth-order valence-corrected chi connectivity index (χ4v) is 3.56. The molecule has 2 aromatic carbocycles. The number of halogens is 3. The van der Waals surface area contributed by atoms with Crippen molar-refractivity contribution in [3.8, 4) is 17.2 Å². The van der Waals surface area contributed by atoms with Crippen LogP contribution in [0.3, 0.4) is 0 Å². The van der Waals surface area contributed by atoms with Crippen molar-refractivity contribution in [3.05, 3.63) is 72.4 Å². The molecular weight excluding hydrogens is 437 g/mol. The average molecular weight is 460 g/mol. The highest BCUT2D eigenvalue weighted by Gasteiger charge is 2.38. The molecule has 0 radical (unpaired) electrons. The third kappa shape index (κ3) is 5.11. The molecule has 4 rings (SSSR count). The Morgan fingerprint density at radius 3 is 2.48 bits per heavy atom. The van der Waals surface area contributed by atoms with E-state index < -0.39 is 12.1 Å². The van der Waals surface area contributed by atoms with Gasteiger partial charge in [0, 0.05) is 29.9 Å². The molecule has 1 aromatic heterocycles. The second-order valence-electron chi connectivity index (χ2n) is 7.37. The molecule has 1 aliphatic heterocycles. The molecule has 3 aromatic rings. The van der Waals surface area contributed by atoms with Crippen molar-refractivity contribution in [3.63, 3.8) is 0 Å². The highest BCUT2D eigenvalue weighted by Crippen LogP contribution is 2.33. The number of benzene rings is 2. The van der Waals surface area contributed by atoms with Crippen LogP contribution in [-0.2, 0) is 17.5 Å². The summed E-state index contributed by atoms with van der Waals surface area (Å²) in [5.41, 5.74) is 2.10. The van der Waals surface area contributed by atoms with Crippen molar-refractivity contribution in [2.45, 2.75) is 12.7 Å². The zero-order valence-electron chi connectivity index (χ0n) is 18.0. The molecule has 0 spiro atoms. The van der Waals surface area contributed by atoms with Crippen molar-refractivity contribution in [1.29, 1.82) is 0 Å². The van der Waals surface area contributed by atoms with Crippen LogP contribution in [0.15, 0.2) is 65.3 Å². The number of aromatic nitrogens is 2. The molecule has 0 bridgehead atoms. The summed E-state index contributed by atoms with van der Waals surface area (Å²) in [6.45, 7) is 7.47. The number of para-hydroxylation sites is 1. The maximum atomic E-state index is 12.8. The van der Waals surface area contributed by atoms with Gasteiger partial charge in [-0.3, -0.25) is 0 Å². The van der Waals surface area contributed by atoms with Crippen molar-refractivity contribution in [2.24, 2.45) is 0 Å². The van der Waals surface area contributed by atoms with E-state index in [0.29, 0.717) is 31.1 Å². The molecule has 0 unspecified atom stereocenters. The van der Waals surface area contributed by atoms with Crippen LogP contribution in [0.5, 0.6) is 5.75 Å². The zero-order valence-corrected chi connectivity index (χ0v) is 18.0. The van der Waals surface area contributed by atoms with Crippen LogP contribution < -0.4 is 9.64 Å². The van der Waals surface area contributed by atoms with Gasteiger partial charge >= 0.3 is 12.1 Å². The van der Waals surface area contributed by atoms with E-state index in [1.165, 1.54) is 7.11 Å². The lowest BCUT2D eigenvalue weighted by Gasteiger charge is -2.37. The number of anilines is 1. The molecule has 1 saturated heterocycles. The number of methoxy groups -OCH3 is 1. The highest BCUT2D eigenvalue weighted by atomic mass is 19.4. The van der Waals surface area contributed by atoms with Crippen LogP contribution >= 0.6 is 0 Å². The maximum absolute atomic E-state index is 12.8. The van der Waals surface area contributed by atoms with Gasteiger partial charge in [0.25, 0.3) is 0 Å². The van der Waals surface area contributed by atoms with Gasteiger partial charge in [0.05, 0.1) is 26.9 Å². The summed E-state index contributed by atoms with van der Waals surface area (Å²) in [7, 11) is 1.50. The first-order valence-corrected chi connectivity index (χ1v) is 10.3. The molecule has 0 saturated carbocycles. The summed E-state index contributed by atoms with van der Waals surface area (Å²) >= 11 is 0. The van der Waals surface area contributed by atoms with E-state index in [4.69, 9.17) is 13.9 Å². The standard InChI is InChI=1S/C23H23F3N4O3/c1-16(29-10-12-32-13-11-29)30(19-6-4-3-5-7-19)15-18-9-8-17(14-20(18)31-2)21-27-28-22(33-21)23(24,25)26/h3-9,14H,1,10-13,15H2,2H3. The fourth-order valence-electron chi connectivity index (χ4n) is 3.56. The first kappa shape index (κ1) is 22.7. The summed E-state index contributed by atoms with van der Waals surface area (Å²) < 4.78 is 54.2. The van der Waals surface area contributed by atoms with E-state index in [1.54, 1.807) is 18.2 Å². The Bertz CT molecular complexity index is 1100. The van der Waals surface area contributed by atoms with E-state index in [1.807, 2.05) is 30.3 Å². The van der Waals surface area contributed by atoms with E-state index >= 15 is 0 Å². The Morgan fingerprint density at radius 2 is 1.85 bits per heavy atom. The molecule has 0 aliphatic carbocycles. The van der Waals surface area contributed by atoms with Gasteiger partial charge in [-0.2, -0.15) is 13.2 Å². The lowest BCUT2D eigenvalue weighted by atomic mass is 10.1. The number of rotatable bonds is 7. The van der Waals surface area contributed by atoms with Crippen molar-refractivity contribution < 1.29 is 27.1 Å². The van der Waals surface area contributed by atoms with Crippen LogP contribution in [0.1, 0.15) is 11.5 Å². The van der Waals surface area contributed by atoms with E-state index in [9.17, 15) is 13.2 Å². The van der Waals surface area contributed by atoms with Crippen LogP contribution in [0.2, 0.25) is 0 Å². The lowest BCUT2D eigenvalue weighted by Crippen LogP contribution is -2.41. The smallest absolute Gasteiger partial charge is 0.470 e. The quantitative estimate of drug-likeness (QED) is 0.512. The Morgan fingerprint density at radius 1 is 1.12 bits per heavy atom.